The molecule has 2 nitrogen and oxygen atoms in total. The maximum Gasteiger partial charge on any atom is 2.00 e. The fraction of sp³-hybridized carbons (Fsp3) is 0.875. The van der Waals surface area contributed by atoms with E-state index in [0.717, 1.165) is 31.4 Å². The average molecular weight is 248 g/mol. The van der Waals surface area contributed by atoms with Crippen LogP contribution in [-0.4, -0.2) is 59.8 Å². The fourth-order valence-corrected chi connectivity index (χ4v) is 1.78. The summed E-state index contributed by atoms with van der Waals surface area (Å²) in [6.07, 6.45) is 3.99. The van der Waals surface area contributed by atoms with Crippen LogP contribution in [0.4, 0.5) is 0 Å². The molecule has 0 spiro atoms. The van der Waals surface area contributed by atoms with Gasteiger partial charge in [0.25, 0.3) is 0 Å². The van der Waals surface area contributed by atoms with Crippen LogP contribution in [-0.2, 0) is 4.79 Å². The molecule has 0 aliphatic rings. The van der Waals surface area contributed by atoms with Crippen LogP contribution in [0.25, 0.3) is 0 Å². The van der Waals surface area contributed by atoms with E-state index in [-0.39, 0.29) is 44.2 Å². The van der Waals surface area contributed by atoms with Crippen LogP contribution in [0.3, 0.4) is 0 Å². The summed E-state index contributed by atoms with van der Waals surface area (Å²) < 4.78 is 0. The third-order valence-corrected chi connectivity index (χ3v) is 2.41. The Morgan fingerprint density at radius 2 is 1.92 bits per heavy atom. The van der Waals surface area contributed by atoms with Gasteiger partial charge in [-0.25, -0.2) is 0 Å². The van der Waals surface area contributed by atoms with Crippen molar-refractivity contribution in [1.82, 2.24) is 0 Å². The maximum absolute atomic E-state index is 10.1. The molecule has 0 amide bonds. The van der Waals surface area contributed by atoms with Crippen molar-refractivity contribution in [3.8, 4) is 0 Å². The summed E-state index contributed by atoms with van der Waals surface area (Å²) in [6, 6.07) is 0. The largest absolute Gasteiger partial charge is 2.00 e. The van der Waals surface area contributed by atoms with Gasteiger partial charge in [0, 0.05) is 11.7 Å². The molecule has 0 aromatic carbocycles. The van der Waals surface area contributed by atoms with Gasteiger partial charge in [0.05, 0.1) is 0 Å². The van der Waals surface area contributed by atoms with Gasteiger partial charge in [-0.15, -0.1) is 0 Å². The van der Waals surface area contributed by atoms with E-state index in [9.17, 15) is 4.79 Å². The quantitative estimate of drug-likeness (QED) is 0.365. The van der Waals surface area contributed by atoms with E-state index in [4.69, 9.17) is 5.11 Å². The van der Waals surface area contributed by atoms with Crippen molar-refractivity contribution in [3.05, 3.63) is 0 Å². The number of hydrogen-bond acceptors (Lipinski definition) is 3. The number of unbranched alkanes of at least 4 members (excludes halogenated alkanes) is 1. The SMILES string of the molecule is O=C(O)CCCC[C@H](S)CCS.[Ca+2]. The Kier molecular flexibility index (Phi) is 14.9. The van der Waals surface area contributed by atoms with Gasteiger partial charge in [-0.1, -0.05) is 6.42 Å². The van der Waals surface area contributed by atoms with Crippen molar-refractivity contribution >= 4 is 69.0 Å². The van der Waals surface area contributed by atoms with Gasteiger partial charge in [-0.3, -0.25) is 4.79 Å². The molecule has 0 unspecified atom stereocenters. The number of rotatable bonds is 7. The van der Waals surface area contributed by atoms with Gasteiger partial charge in [0.2, 0.25) is 0 Å². The van der Waals surface area contributed by atoms with E-state index in [1.54, 1.807) is 0 Å². The maximum atomic E-state index is 10.1. The number of carbonyl (C=O) groups is 1. The number of hydrogen-bond donors (Lipinski definition) is 3. The fourth-order valence-electron chi connectivity index (χ4n) is 0.950. The van der Waals surface area contributed by atoms with Crippen molar-refractivity contribution in [2.45, 2.75) is 37.4 Å². The van der Waals surface area contributed by atoms with Gasteiger partial charge in [0.15, 0.2) is 0 Å². The van der Waals surface area contributed by atoms with E-state index in [1.807, 2.05) is 0 Å². The van der Waals surface area contributed by atoms with E-state index in [2.05, 4.69) is 25.3 Å². The Bertz CT molecular complexity index is 133. The minimum absolute atomic E-state index is 0. The molecule has 0 rings (SSSR count). The summed E-state index contributed by atoms with van der Waals surface area (Å²) in [4.78, 5) is 10.1. The second kappa shape index (κ2) is 11.5. The van der Waals surface area contributed by atoms with Gasteiger partial charge in [0.1, 0.15) is 0 Å². The van der Waals surface area contributed by atoms with Crippen molar-refractivity contribution in [2.24, 2.45) is 0 Å². The first-order valence-electron chi connectivity index (χ1n) is 4.17. The van der Waals surface area contributed by atoms with Crippen LogP contribution in [0.2, 0.25) is 0 Å². The third-order valence-electron chi connectivity index (χ3n) is 1.64. The van der Waals surface area contributed by atoms with Crippen LogP contribution in [0.15, 0.2) is 0 Å². The smallest absolute Gasteiger partial charge is 0.481 e. The summed E-state index contributed by atoms with van der Waals surface area (Å²) in [5.74, 6) is 0.146. The van der Waals surface area contributed by atoms with Crippen LogP contribution >= 0.6 is 25.3 Å². The zero-order chi connectivity index (χ0) is 9.40. The Morgan fingerprint density at radius 1 is 1.31 bits per heavy atom. The molecule has 5 heteroatoms. The van der Waals surface area contributed by atoms with E-state index in [0.29, 0.717) is 5.25 Å². The van der Waals surface area contributed by atoms with Crippen molar-refractivity contribution in [3.63, 3.8) is 0 Å². The third kappa shape index (κ3) is 13.4. The Balaban J connectivity index is 0. The molecular formula is C8H16CaO2S2+2. The zero-order valence-electron chi connectivity index (χ0n) is 7.78. The van der Waals surface area contributed by atoms with Crippen molar-refractivity contribution in [2.75, 3.05) is 5.75 Å². The van der Waals surface area contributed by atoms with Crippen LogP contribution < -0.4 is 0 Å². The second-order valence-corrected chi connectivity index (χ2v) is 3.98. The molecule has 72 valence electrons. The van der Waals surface area contributed by atoms with E-state index in [1.165, 1.54) is 0 Å². The summed E-state index contributed by atoms with van der Waals surface area (Å²) in [7, 11) is 0. The van der Waals surface area contributed by atoms with Crippen molar-refractivity contribution in [1.29, 1.82) is 0 Å². The van der Waals surface area contributed by atoms with Gasteiger partial charge in [-0.2, -0.15) is 25.3 Å². The minimum Gasteiger partial charge on any atom is -0.481 e. The topological polar surface area (TPSA) is 37.3 Å². The summed E-state index contributed by atoms with van der Waals surface area (Å²) >= 11 is 8.43. The molecule has 13 heavy (non-hydrogen) atoms. The molecule has 0 saturated carbocycles. The predicted molar refractivity (Wildman–Crippen MR) is 63.1 cm³/mol. The minimum atomic E-state index is -0.708. The van der Waals surface area contributed by atoms with E-state index < -0.39 is 5.97 Å². The predicted octanol–water partition coefficient (Wildman–Crippen LogP) is 1.87. The molecule has 0 fully saturated rings. The number of carboxylic acids is 1. The summed E-state index contributed by atoms with van der Waals surface area (Å²) in [5, 5.41) is 8.74. The van der Waals surface area contributed by atoms with Crippen LogP contribution in [0.5, 0.6) is 0 Å². The Labute approximate surface area is 121 Å². The molecule has 0 radical (unpaired) electrons. The number of aliphatic carboxylic acids is 1. The molecule has 1 atom stereocenters. The van der Waals surface area contributed by atoms with Crippen LogP contribution in [0, 0.1) is 0 Å². The van der Waals surface area contributed by atoms with Gasteiger partial charge < -0.3 is 5.11 Å². The molecule has 0 aromatic rings. The first-order valence-corrected chi connectivity index (χ1v) is 5.32. The molecular weight excluding hydrogens is 232 g/mol. The van der Waals surface area contributed by atoms with Crippen LogP contribution in [0.1, 0.15) is 32.1 Å². The summed E-state index contributed by atoms with van der Waals surface area (Å²) in [6.45, 7) is 0. The number of carboxylic acid groups (broad SMARTS) is 1. The van der Waals surface area contributed by atoms with E-state index >= 15 is 0 Å². The molecule has 0 aromatic heterocycles. The summed E-state index contributed by atoms with van der Waals surface area (Å²) in [5.41, 5.74) is 0. The average Bonchev–Trinajstić information content (AvgIpc) is 1.98. The zero-order valence-corrected chi connectivity index (χ0v) is 11.8. The molecule has 0 saturated heterocycles. The Hall–Kier alpha value is 1.43. The second-order valence-electron chi connectivity index (χ2n) is 2.81. The Morgan fingerprint density at radius 3 is 2.38 bits per heavy atom. The standard InChI is InChI=1S/C8H16O2S2.Ca/c9-8(10)4-2-1-3-7(12)5-6-11;/h7,11-12H,1-6H2,(H,9,10);/q;+2/t7-;/m0./s1. The monoisotopic (exact) mass is 248 g/mol. The molecule has 0 bridgehead atoms. The first-order chi connectivity index (χ1) is 5.66. The molecule has 0 aliphatic carbocycles. The van der Waals surface area contributed by atoms with Crippen molar-refractivity contribution < 1.29 is 9.90 Å². The van der Waals surface area contributed by atoms with Gasteiger partial charge >= 0.3 is 43.7 Å². The number of thiol groups is 2. The molecule has 0 heterocycles. The molecule has 1 N–H and O–H groups in total. The molecule has 0 aliphatic heterocycles. The normalized spacial score (nSPS) is 11.8. The first kappa shape index (κ1) is 16.8. The van der Waals surface area contributed by atoms with Gasteiger partial charge in [-0.05, 0) is 25.0 Å².